The van der Waals surface area contributed by atoms with Crippen LogP contribution in [0, 0.1) is 0 Å². The van der Waals surface area contributed by atoms with Crippen LogP contribution < -0.4 is 10.1 Å². The highest BCUT2D eigenvalue weighted by Crippen LogP contribution is 2.29. The molecule has 0 bridgehead atoms. The van der Waals surface area contributed by atoms with Gasteiger partial charge in [-0.1, -0.05) is 0 Å². The maximum Gasteiger partial charge on any atom is 0.243 e. The lowest BCUT2D eigenvalue weighted by atomic mass is 10.1. The molecule has 20 heavy (non-hydrogen) atoms. The molecule has 1 fully saturated rings. The summed E-state index contributed by atoms with van der Waals surface area (Å²) >= 11 is 3.33. The SMILES string of the molecule is COc1ccc(S(=O)(=O)N(C)C2CCNCC2)cc1Br. The van der Waals surface area contributed by atoms with E-state index in [1.165, 1.54) is 4.31 Å². The molecule has 1 saturated heterocycles. The van der Waals surface area contributed by atoms with Crippen LogP contribution in [0.15, 0.2) is 27.6 Å². The van der Waals surface area contributed by atoms with Crippen molar-refractivity contribution in [1.29, 1.82) is 0 Å². The Labute approximate surface area is 128 Å². The quantitative estimate of drug-likeness (QED) is 0.887. The molecular formula is C13H19BrN2O3S. The first-order valence-electron chi connectivity index (χ1n) is 6.49. The van der Waals surface area contributed by atoms with E-state index in [9.17, 15) is 8.42 Å². The average molecular weight is 363 g/mol. The van der Waals surface area contributed by atoms with Gasteiger partial charge in [-0.05, 0) is 60.1 Å². The maximum absolute atomic E-state index is 12.6. The van der Waals surface area contributed by atoms with Crippen molar-refractivity contribution in [3.05, 3.63) is 22.7 Å². The van der Waals surface area contributed by atoms with E-state index in [4.69, 9.17) is 4.74 Å². The van der Waals surface area contributed by atoms with Gasteiger partial charge in [0.1, 0.15) is 5.75 Å². The van der Waals surface area contributed by atoms with E-state index < -0.39 is 10.0 Å². The number of sulfonamides is 1. The van der Waals surface area contributed by atoms with E-state index in [1.54, 1.807) is 32.4 Å². The summed E-state index contributed by atoms with van der Waals surface area (Å²) in [5, 5.41) is 3.24. The predicted octanol–water partition coefficient (Wildman–Crippen LogP) is 1.83. The molecule has 1 aromatic carbocycles. The summed E-state index contributed by atoms with van der Waals surface area (Å²) < 4.78 is 32.5. The summed E-state index contributed by atoms with van der Waals surface area (Å²) in [5.41, 5.74) is 0. The maximum atomic E-state index is 12.6. The van der Waals surface area contributed by atoms with E-state index in [-0.39, 0.29) is 10.9 Å². The summed E-state index contributed by atoms with van der Waals surface area (Å²) in [6.45, 7) is 1.72. The van der Waals surface area contributed by atoms with Crippen LogP contribution in [0.2, 0.25) is 0 Å². The summed E-state index contributed by atoms with van der Waals surface area (Å²) in [5.74, 6) is 0.619. The third kappa shape index (κ3) is 3.16. The third-order valence-corrected chi connectivity index (χ3v) is 6.15. The zero-order valence-electron chi connectivity index (χ0n) is 11.6. The molecule has 0 unspecified atom stereocenters. The lowest BCUT2D eigenvalue weighted by molar-refractivity contribution is 0.296. The molecule has 0 atom stereocenters. The summed E-state index contributed by atoms with van der Waals surface area (Å²) in [4.78, 5) is 0.284. The van der Waals surface area contributed by atoms with Crippen molar-refractivity contribution in [2.45, 2.75) is 23.8 Å². The van der Waals surface area contributed by atoms with E-state index in [0.29, 0.717) is 10.2 Å². The van der Waals surface area contributed by atoms with E-state index in [2.05, 4.69) is 21.2 Å². The highest BCUT2D eigenvalue weighted by molar-refractivity contribution is 9.10. The van der Waals surface area contributed by atoms with Crippen molar-refractivity contribution in [3.63, 3.8) is 0 Å². The summed E-state index contributed by atoms with van der Waals surface area (Å²) in [6.07, 6.45) is 1.68. The normalized spacial score (nSPS) is 17.4. The molecule has 5 nitrogen and oxygen atoms in total. The van der Waals surface area contributed by atoms with Crippen LogP contribution in [0.4, 0.5) is 0 Å². The van der Waals surface area contributed by atoms with Gasteiger partial charge >= 0.3 is 0 Å². The molecule has 1 aliphatic rings. The van der Waals surface area contributed by atoms with Crippen molar-refractivity contribution in [2.75, 3.05) is 27.2 Å². The van der Waals surface area contributed by atoms with Crippen LogP contribution in [-0.2, 0) is 10.0 Å². The van der Waals surface area contributed by atoms with Gasteiger partial charge in [0.25, 0.3) is 0 Å². The van der Waals surface area contributed by atoms with Gasteiger partial charge in [0.15, 0.2) is 0 Å². The van der Waals surface area contributed by atoms with Crippen LogP contribution in [-0.4, -0.2) is 46.0 Å². The fourth-order valence-corrected chi connectivity index (χ4v) is 4.48. The van der Waals surface area contributed by atoms with E-state index in [0.717, 1.165) is 25.9 Å². The molecule has 1 aliphatic heterocycles. The predicted molar refractivity (Wildman–Crippen MR) is 81.5 cm³/mol. The smallest absolute Gasteiger partial charge is 0.243 e. The summed E-state index contributed by atoms with van der Waals surface area (Å²) in [7, 11) is -0.259. The third-order valence-electron chi connectivity index (χ3n) is 3.62. The first-order valence-corrected chi connectivity index (χ1v) is 8.72. The highest BCUT2D eigenvalue weighted by atomic mass is 79.9. The van der Waals surface area contributed by atoms with Gasteiger partial charge in [-0.15, -0.1) is 0 Å². The topological polar surface area (TPSA) is 58.6 Å². The van der Waals surface area contributed by atoms with Gasteiger partial charge in [0.2, 0.25) is 10.0 Å². The molecule has 1 heterocycles. The Morgan fingerprint density at radius 2 is 2.00 bits per heavy atom. The number of piperidine rings is 1. The average Bonchev–Trinajstić information content (AvgIpc) is 2.47. The number of rotatable bonds is 4. The molecule has 0 saturated carbocycles. The Hall–Kier alpha value is -0.630. The number of nitrogens with zero attached hydrogens (tertiary/aromatic N) is 1. The minimum absolute atomic E-state index is 0.0575. The number of hydrogen-bond donors (Lipinski definition) is 1. The number of methoxy groups -OCH3 is 1. The van der Waals surface area contributed by atoms with Crippen LogP contribution >= 0.6 is 15.9 Å². The molecule has 1 aromatic rings. The van der Waals surface area contributed by atoms with Gasteiger partial charge in [-0.2, -0.15) is 4.31 Å². The highest BCUT2D eigenvalue weighted by Gasteiger charge is 2.29. The molecule has 0 radical (unpaired) electrons. The van der Waals surface area contributed by atoms with Crippen LogP contribution in [0.5, 0.6) is 5.75 Å². The number of ether oxygens (including phenoxy) is 1. The standard InChI is InChI=1S/C13H19BrN2O3S/c1-16(10-5-7-15-8-6-10)20(17,18)11-3-4-13(19-2)12(14)9-11/h3-4,9-10,15H,5-8H2,1-2H3. The first kappa shape index (κ1) is 15.8. The van der Waals surface area contributed by atoms with Crippen LogP contribution in [0.25, 0.3) is 0 Å². The lowest BCUT2D eigenvalue weighted by Crippen LogP contribution is -2.43. The molecule has 2 rings (SSSR count). The fourth-order valence-electron chi connectivity index (χ4n) is 2.34. The van der Waals surface area contributed by atoms with Gasteiger partial charge in [0.05, 0.1) is 16.5 Å². The van der Waals surface area contributed by atoms with Gasteiger partial charge in [0, 0.05) is 13.1 Å². The van der Waals surface area contributed by atoms with Crippen LogP contribution in [0.1, 0.15) is 12.8 Å². The second-order valence-electron chi connectivity index (χ2n) is 4.80. The largest absolute Gasteiger partial charge is 0.496 e. The van der Waals surface area contributed by atoms with E-state index in [1.807, 2.05) is 0 Å². The molecule has 112 valence electrons. The molecule has 1 N–H and O–H groups in total. The number of halogens is 1. The molecule has 0 aromatic heterocycles. The summed E-state index contributed by atoms with van der Waals surface area (Å²) in [6, 6.07) is 4.89. The monoisotopic (exact) mass is 362 g/mol. The Bertz CT molecular complexity index is 571. The van der Waals surface area contributed by atoms with Crippen molar-refractivity contribution >= 4 is 26.0 Å². The van der Waals surface area contributed by atoms with Crippen molar-refractivity contribution in [3.8, 4) is 5.75 Å². The van der Waals surface area contributed by atoms with Crippen molar-refractivity contribution < 1.29 is 13.2 Å². The molecular weight excluding hydrogens is 344 g/mol. The van der Waals surface area contributed by atoms with Crippen molar-refractivity contribution in [2.24, 2.45) is 0 Å². The van der Waals surface area contributed by atoms with Gasteiger partial charge in [-0.25, -0.2) is 8.42 Å². The molecule has 7 heteroatoms. The number of hydrogen-bond acceptors (Lipinski definition) is 4. The van der Waals surface area contributed by atoms with E-state index >= 15 is 0 Å². The molecule has 0 aliphatic carbocycles. The second kappa shape index (κ2) is 6.43. The first-order chi connectivity index (χ1) is 9.46. The fraction of sp³-hybridized carbons (Fsp3) is 0.538. The number of nitrogens with one attached hydrogen (secondary N) is 1. The Morgan fingerprint density at radius 1 is 1.35 bits per heavy atom. The second-order valence-corrected chi connectivity index (χ2v) is 7.65. The van der Waals surface area contributed by atoms with Crippen molar-refractivity contribution in [1.82, 2.24) is 9.62 Å². The molecule has 0 amide bonds. The van der Waals surface area contributed by atoms with Gasteiger partial charge in [-0.3, -0.25) is 0 Å². The Morgan fingerprint density at radius 3 is 2.55 bits per heavy atom. The van der Waals surface area contributed by atoms with Crippen LogP contribution in [0.3, 0.4) is 0 Å². The van der Waals surface area contributed by atoms with Gasteiger partial charge < -0.3 is 10.1 Å². The zero-order chi connectivity index (χ0) is 14.8. The lowest BCUT2D eigenvalue weighted by Gasteiger charge is -2.30. The minimum Gasteiger partial charge on any atom is -0.496 e. The molecule has 0 spiro atoms. The Balaban J connectivity index is 2.27. The minimum atomic E-state index is -3.47. The number of benzene rings is 1. The Kier molecular flexibility index (Phi) is 5.06. The zero-order valence-corrected chi connectivity index (χ0v) is 14.0.